The maximum atomic E-state index is 13.0. The molecular weight excluding hydrogens is 420 g/mol. The lowest BCUT2D eigenvalue weighted by atomic mass is 10.0. The van der Waals surface area contributed by atoms with Crippen molar-refractivity contribution in [2.45, 2.75) is 32.2 Å². The lowest BCUT2D eigenvalue weighted by Gasteiger charge is -2.38. The molecule has 1 fully saturated rings. The molecule has 3 aromatic rings. The number of hydrogen-bond acceptors (Lipinski definition) is 5. The topological polar surface area (TPSA) is 80.1 Å². The summed E-state index contributed by atoms with van der Waals surface area (Å²) in [5.41, 5.74) is 0.687. The number of nitrogens with zero attached hydrogens (tertiary/aromatic N) is 2. The largest absolute Gasteiger partial charge is 0.484 e. The maximum Gasteiger partial charge on any atom is 0.336 e. The van der Waals surface area contributed by atoms with Crippen molar-refractivity contribution in [3.8, 4) is 5.75 Å². The van der Waals surface area contributed by atoms with Crippen molar-refractivity contribution in [3.63, 3.8) is 0 Å². The van der Waals surface area contributed by atoms with Crippen molar-refractivity contribution in [1.82, 2.24) is 9.80 Å². The van der Waals surface area contributed by atoms with Crippen molar-refractivity contribution in [3.05, 3.63) is 76.6 Å². The van der Waals surface area contributed by atoms with E-state index in [0.717, 1.165) is 24.6 Å². The molecule has 1 aliphatic rings. The summed E-state index contributed by atoms with van der Waals surface area (Å²) >= 11 is 0. The second kappa shape index (κ2) is 10.3. The molecule has 33 heavy (non-hydrogen) atoms. The van der Waals surface area contributed by atoms with Crippen LogP contribution in [0.25, 0.3) is 11.0 Å². The Morgan fingerprint density at radius 3 is 2.52 bits per heavy atom. The minimum atomic E-state index is -0.429. The van der Waals surface area contributed by atoms with Gasteiger partial charge in [0.25, 0.3) is 11.8 Å². The van der Waals surface area contributed by atoms with Crippen LogP contribution in [0.15, 0.2) is 69.9 Å². The summed E-state index contributed by atoms with van der Waals surface area (Å²) in [6, 6.07) is 17.6. The van der Waals surface area contributed by atoms with Crippen LogP contribution in [0.1, 0.15) is 36.5 Å². The molecule has 0 saturated carbocycles. The molecule has 0 spiro atoms. The predicted octanol–water partition coefficient (Wildman–Crippen LogP) is 3.72. The van der Waals surface area contributed by atoms with Gasteiger partial charge in [0.1, 0.15) is 11.3 Å². The first kappa shape index (κ1) is 22.6. The zero-order valence-electron chi connectivity index (χ0n) is 18.7. The van der Waals surface area contributed by atoms with E-state index in [1.54, 1.807) is 24.3 Å². The van der Waals surface area contributed by atoms with Gasteiger partial charge < -0.3 is 19.0 Å². The first-order valence-corrected chi connectivity index (χ1v) is 11.4. The van der Waals surface area contributed by atoms with E-state index in [4.69, 9.17) is 9.15 Å². The van der Waals surface area contributed by atoms with Crippen LogP contribution in [0.3, 0.4) is 0 Å². The first-order valence-electron chi connectivity index (χ1n) is 11.4. The van der Waals surface area contributed by atoms with E-state index in [-0.39, 0.29) is 24.5 Å². The highest BCUT2D eigenvalue weighted by molar-refractivity contribution is 5.94. The van der Waals surface area contributed by atoms with Gasteiger partial charge in [-0.25, -0.2) is 4.79 Å². The number of carbonyl (C=O) groups excluding carboxylic acids is 2. The molecule has 0 atom stereocenters. The van der Waals surface area contributed by atoms with Gasteiger partial charge in [-0.3, -0.25) is 9.59 Å². The summed E-state index contributed by atoms with van der Waals surface area (Å²) in [5, 5.41) is 0.790. The van der Waals surface area contributed by atoms with Gasteiger partial charge in [-0.15, -0.1) is 0 Å². The summed E-state index contributed by atoms with van der Waals surface area (Å²) in [6.45, 7) is 3.84. The van der Waals surface area contributed by atoms with E-state index in [2.05, 4.69) is 0 Å². The average molecular weight is 449 g/mol. The highest BCUT2D eigenvalue weighted by Gasteiger charge is 2.29. The zero-order chi connectivity index (χ0) is 23.2. The molecule has 0 N–H and O–H groups in total. The second-order valence-electron chi connectivity index (χ2n) is 8.22. The Balaban J connectivity index is 1.35. The third-order valence-corrected chi connectivity index (χ3v) is 5.95. The fraction of sp³-hybridized carbons (Fsp3) is 0.346. The molecule has 7 nitrogen and oxygen atoms in total. The molecule has 0 radical (unpaired) electrons. The Bertz CT molecular complexity index is 1170. The van der Waals surface area contributed by atoms with Crippen molar-refractivity contribution in [2.75, 3.05) is 26.2 Å². The molecule has 2 aromatic carbocycles. The summed E-state index contributed by atoms with van der Waals surface area (Å²) in [7, 11) is 0. The summed E-state index contributed by atoms with van der Waals surface area (Å²) in [6.07, 6.45) is 2.33. The van der Waals surface area contributed by atoms with E-state index in [0.29, 0.717) is 36.5 Å². The van der Waals surface area contributed by atoms with Gasteiger partial charge in [0.2, 0.25) is 0 Å². The molecular formula is C26H28N2O5. The number of ether oxygens (including phenoxy) is 1. The molecule has 0 unspecified atom stereocenters. The molecule has 1 aromatic heterocycles. The van der Waals surface area contributed by atoms with Crippen LogP contribution >= 0.6 is 0 Å². The van der Waals surface area contributed by atoms with Crippen LogP contribution in [0, 0.1) is 0 Å². The Labute approximate surface area is 192 Å². The van der Waals surface area contributed by atoms with Crippen LogP contribution in [0.2, 0.25) is 0 Å². The van der Waals surface area contributed by atoms with Crippen LogP contribution in [0.5, 0.6) is 5.75 Å². The summed E-state index contributed by atoms with van der Waals surface area (Å²) in [4.78, 5) is 40.9. The fourth-order valence-electron chi connectivity index (χ4n) is 4.25. The Morgan fingerprint density at radius 1 is 1.06 bits per heavy atom. The Hall–Kier alpha value is -3.61. The smallest absolute Gasteiger partial charge is 0.336 e. The average Bonchev–Trinajstić information content (AvgIpc) is 2.85. The van der Waals surface area contributed by atoms with Gasteiger partial charge in [-0.1, -0.05) is 25.1 Å². The third kappa shape index (κ3) is 5.42. The highest BCUT2D eigenvalue weighted by atomic mass is 16.5. The van der Waals surface area contributed by atoms with Gasteiger partial charge >= 0.3 is 5.63 Å². The number of benzene rings is 2. The van der Waals surface area contributed by atoms with Gasteiger partial charge in [-0.05, 0) is 49.6 Å². The Kier molecular flexibility index (Phi) is 7.07. The van der Waals surface area contributed by atoms with Crippen molar-refractivity contribution < 1.29 is 18.7 Å². The molecule has 1 aliphatic heterocycles. The normalized spacial score (nSPS) is 14.3. The number of rotatable bonds is 7. The molecule has 0 aliphatic carbocycles. The lowest BCUT2D eigenvalue weighted by molar-refractivity contribution is -0.136. The van der Waals surface area contributed by atoms with Gasteiger partial charge in [0.15, 0.2) is 6.61 Å². The number of likely N-dealkylation sites (tertiary alicyclic amines) is 1. The number of carbonyl (C=O) groups is 2. The monoisotopic (exact) mass is 448 g/mol. The van der Waals surface area contributed by atoms with E-state index in [1.807, 2.05) is 47.1 Å². The predicted molar refractivity (Wildman–Crippen MR) is 125 cm³/mol. The molecule has 2 amide bonds. The quantitative estimate of drug-likeness (QED) is 0.515. The molecule has 7 heteroatoms. The first-order chi connectivity index (χ1) is 16.0. The van der Waals surface area contributed by atoms with Crippen LogP contribution in [-0.2, 0) is 4.79 Å². The standard InChI is InChI=1S/C26H28N2O5/c1-2-14-28(21-12-15-27(16-13-21)26(31)20-6-4-3-5-7-20)24(29)18-32-22-10-8-19-9-11-25(30)33-23(19)17-22/h3-11,17,21H,2,12-16,18H2,1H3. The number of hydrogen-bond donors (Lipinski definition) is 0. The van der Waals surface area contributed by atoms with Crippen molar-refractivity contribution >= 4 is 22.8 Å². The summed E-state index contributed by atoms with van der Waals surface area (Å²) < 4.78 is 10.9. The van der Waals surface area contributed by atoms with Gasteiger partial charge in [0, 0.05) is 48.8 Å². The number of piperidine rings is 1. The van der Waals surface area contributed by atoms with Gasteiger partial charge in [-0.2, -0.15) is 0 Å². The van der Waals surface area contributed by atoms with Crippen LogP contribution < -0.4 is 10.4 Å². The molecule has 2 heterocycles. The third-order valence-electron chi connectivity index (χ3n) is 5.95. The van der Waals surface area contributed by atoms with E-state index >= 15 is 0 Å². The van der Waals surface area contributed by atoms with Crippen LogP contribution in [0.4, 0.5) is 0 Å². The van der Waals surface area contributed by atoms with Gasteiger partial charge in [0.05, 0.1) is 0 Å². The maximum absolute atomic E-state index is 13.0. The number of amides is 2. The van der Waals surface area contributed by atoms with Crippen molar-refractivity contribution in [2.24, 2.45) is 0 Å². The SMILES string of the molecule is CCCN(C(=O)COc1ccc2ccc(=O)oc2c1)C1CCN(C(=O)c2ccccc2)CC1. The molecule has 172 valence electrons. The zero-order valence-corrected chi connectivity index (χ0v) is 18.7. The fourth-order valence-corrected chi connectivity index (χ4v) is 4.25. The molecule has 1 saturated heterocycles. The van der Waals surface area contributed by atoms with Crippen molar-refractivity contribution in [1.29, 1.82) is 0 Å². The Morgan fingerprint density at radius 2 is 1.79 bits per heavy atom. The van der Waals surface area contributed by atoms with Crippen LogP contribution in [-0.4, -0.2) is 53.9 Å². The van der Waals surface area contributed by atoms with E-state index in [1.165, 1.54) is 6.07 Å². The minimum absolute atomic E-state index is 0.0358. The number of fused-ring (bicyclic) bond motifs is 1. The summed E-state index contributed by atoms with van der Waals surface area (Å²) in [5.74, 6) is 0.429. The minimum Gasteiger partial charge on any atom is -0.484 e. The van der Waals surface area contributed by atoms with E-state index in [9.17, 15) is 14.4 Å². The highest BCUT2D eigenvalue weighted by Crippen LogP contribution is 2.22. The lowest BCUT2D eigenvalue weighted by Crippen LogP contribution is -2.50. The molecule has 0 bridgehead atoms. The van der Waals surface area contributed by atoms with E-state index < -0.39 is 5.63 Å². The molecule has 4 rings (SSSR count). The second-order valence-corrected chi connectivity index (χ2v) is 8.22.